The Hall–Kier alpha value is -2.80. The summed E-state index contributed by atoms with van der Waals surface area (Å²) in [6.07, 6.45) is 4.64. The average Bonchev–Trinajstić information content (AvgIpc) is 2.80. The molecule has 0 spiro atoms. The van der Waals surface area contributed by atoms with Crippen molar-refractivity contribution in [2.24, 2.45) is 0 Å². The molecule has 6 nitrogen and oxygen atoms in total. The highest BCUT2D eigenvalue weighted by molar-refractivity contribution is 8.00. The Bertz CT molecular complexity index is 990. The fraction of sp³-hybridized carbons (Fsp3) is 0.400. The second kappa shape index (κ2) is 11.2. The van der Waals surface area contributed by atoms with Gasteiger partial charge in [0, 0.05) is 19.0 Å². The summed E-state index contributed by atoms with van der Waals surface area (Å²) in [6, 6.07) is 13.1. The summed E-state index contributed by atoms with van der Waals surface area (Å²) in [5, 5.41) is 2.91. The van der Waals surface area contributed by atoms with Crippen molar-refractivity contribution in [2.45, 2.75) is 43.5 Å². The van der Waals surface area contributed by atoms with Gasteiger partial charge in [-0.3, -0.25) is 9.59 Å². The largest absolute Gasteiger partial charge is 0.452 e. The second-order valence-corrected chi connectivity index (χ2v) is 9.19. The maximum Gasteiger partial charge on any atom is 0.339 e. The zero-order chi connectivity index (χ0) is 23.1. The minimum absolute atomic E-state index is 0.0475. The lowest BCUT2D eigenvalue weighted by Gasteiger charge is -2.20. The first-order chi connectivity index (χ1) is 15.3. The highest BCUT2D eigenvalue weighted by atomic mass is 32.2. The number of thioether (sulfide) groups is 1. The van der Waals surface area contributed by atoms with E-state index in [-0.39, 0.29) is 30.2 Å². The maximum absolute atomic E-state index is 12.6. The molecule has 32 heavy (non-hydrogen) atoms. The van der Waals surface area contributed by atoms with Crippen LogP contribution < -0.4 is 5.32 Å². The first-order valence-corrected chi connectivity index (χ1v) is 11.8. The molecule has 2 aromatic rings. The first kappa shape index (κ1) is 23.9. The van der Waals surface area contributed by atoms with E-state index in [1.807, 2.05) is 6.92 Å². The minimum Gasteiger partial charge on any atom is -0.452 e. The second-order valence-electron chi connectivity index (χ2n) is 8.17. The quantitative estimate of drug-likeness (QED) is 0.485. The van der Waals surface area contributed by atoms with Gasteiger partial charge in [-0.05, 0) is 61.4 Å². The molecule has 1 unspecified atom stereocenters. The molecule has 1 aliphatic carbocycles. The van der Waals surface area contributed by atoms with Crippen molar-refractivity contribution in [3.05, 3.63) is 64.7 Å². The van der Waals surface area contributed by atoms with E-state index in [1.54, 1.807) is 38.4 Å². The molecule has 0 saturated carbocycles. The van der Waals surface area contributed by atoms with Gasteiger partial charge >= 0.3 is 5.97 Å². The number of carbonyl (C=O) groups is 3. The van der Waals surface area contributed by atoms with E-state index in [0.717, 1.165) is 18.4 Å². The molecule has 0 saturated heterocycles. The molecule has 0 aliphatic heterocycles. The molecule has 1 atom stereocenters. The van der Waals surface area contributed by atoms with Gasteiger partial charge in [0.25, 0.3) is 5.91 Å². The SMILES string of the molecule is CC(NC(=O)COC(=O)c1ccccc1SCC(=O)N(C)C)c1ccc2c(c1)CCCC2. The van der Waals surface area contributed by atoms with Crippen molar-refractivity contribution >= 4 is 29.5 Å². The van der Waals surface area contributed by atoms with Gasteiger partial charge in [0.15, 0.2) is 6.61 Å². The summed E-state index contributed by atoms with van der Waals surface area (Å²) in [4.78, 5) is 38.9. The van der Waals surface area contributed by atoms with Crippen LogP contribution in [0.2, 0.25) is 0 Å². The molecule has 3 rings (SSSR count). The Morgan fingerprint density at radius 2 is 1.78 bits per heavy atom. The number of amides is 2. The monoisotopic (exact) mass is 454 g/mol. The van der Waals surface area contributed by atoms with Crippen molar-refractivity contribution in [1.82, 2.24) is 10.2 Å². The fourth-order valence-electron chi connectivity index (χ4n) is 3.63. The Morgan fingerprint density at radius 3 is 2.53 bits per heavy atom. The zero-order valence-electron chi connectivity index (χ0n) is 18.8. The number of benzene rings is 2. The van der Waals surface area contributed by atoms with Crippen LogP contribution in [0.25, 0.3) is 0 Å². The molecule has 1 aliphatic rings. The van der Waals surface area contributed by atoms with E-state index < -0.39 is 5.97 Å². The van der Waals surface area contributed by atoms with Crippen LogP contribution in [0.1, 0.15) is 52.9 Å². The summed E-state index contributed by atoms with van der Waals surface area (Å²) >= 11 is 1.27. The van der Waals surface area contributed by atoms with Crippen LogP contribution in [-0.4, -0.2) is 49.1 Å². The predicted molar refractivity (Wildman–Crippen MR) is 126 cm³/mol. The highest BCUT2D eigenvalue weighted by Crippen LogP contribution is 2.25. The summed E-state index contributed by atoms with van der Waals surface area (Å²) < 4.78 is 5.25. The average molecular weight is 455 g/mol. The topological polar surface area (TPSA) is 75.7 Å². The Labute approximate surface area is 193 Å². The first-order valence-electron chi connectivity index (χ1n) is 10.9. The van der Waals surface area contributed by atoms with E-state index >= 15 is 0 Å². The third-order valence-electron chi connectivity index (χ3n) is 5.54. The number of esters is 1. The van der Waals surface area contributed by atoms with Gasteiger partial charge in [0.1, 0.15) is 0 Å². The molecule has 170 valence electrons. The molecule has 1 N–H and O–H groups in total. The van der Waals surface area contributed by atoms with Gasteiger partial charge < -0.3 is 15.0 Å². The summed E-state index contributed by atoms with van der Waals surface area (Å²) in [6.45, 7) is 1.57. The predicted octanol–water partition coefficient (Wildman–Crippen LogP) is 3.78. The van der Waals surface area contributed by atoms with Crippen LogP contribution in [0, 0.1) is 0 Å². The van der Waals surface area contributed by atoms with Crippen LogP contribution in [0.5, 0.6) is 0 Å². The lowest BCUT2D eigenvalue weighted by Crippen LogP contribution is -2.31. The van der Waals surface area contributed by atoms with Gasteiger partial charge in [-0.25, -0.2) is 4.79 Å². The molecule has 7 heteroatoms. The molecule has 0 aromatic heterocycles. The molecule has 2 amide bonds. The Balaban J connectivity index is 1.54. The minimum atomic E-state index is -0.581. The number of nitrogens with zero attached hydrogens (tertiary/aromatic N) is 1. The third kappa shape index (κ3) is 6.36. The van der Waals surface area contributed by atoms with Crippen LogP contribution in [0.4, 0.5) is 0 Å². The number of hydrogen-bond acceptors (Lipinski definition) is 5. The van der Waals surface area contributed by atoms with Crippen molar-refractivity contribution in [3.8, 4) is 0 Å². The lowest BCUT2D eigenvalue weighted by molar-refractivity contribution is -0.126. The zero-order valence-corrected chi connectivity index (χ0v) is 19.7. The van der Waals surface area contributed by atoms with Crippen LogP contribution in [0.3, 0.4) is 0 Å². The third-order valence-corrected chi connectivity index (χ3v) is 6.60. The lowest BCUT2D eigenvalue weighted by atomic mass is 9.89. The van der Waals surface area contributed by atoms with Crippen molar-refractivity contribution in [3.63, 3.8) is 0 Å². The van der Waals surface area contributed by atoms with Crippen LogP contribution in [0.15, 0.2) is 47.4 Å². The number of rotatable bonds is 8. The Morgan fingerprint density at radius 1 is 1.06 bits per heavy atom. The molecule has 0 bridgehead atoms. The molecular formula is C25H30N2O4S. The van der Waals surface area contributed by atoms with Crippen LogP contribution in [-0.2, 0) is 27.2 Å². The summed E-state index contributed by atoms with van der Waals surface area (Å²) in [5.74, 6) is -0.761. The number of carbonyl (C=O) groups excluding carboxylic acids is 3. The maximum atomic E-state index is 12.6. The van der Waals surface area contributed by atoms with Gasteiger partial charge in [0.2, 0.25) is 5.91 Å². The number of aryl methyl sites for hydroxylation is 2. The van der Waals surface area contributed by atoms with E-state index in [0.29, 0.717) is 10.5 Å². The van der Waals surface area contributed by atoms with Gasteiger partial charge in [-0.15, -0.1) is 11.8 Å². The van der Waals surface area contributed by atoms with Gasteiger partial charge in [-0.1, -0.05) is 30.3 Å². The standard InChI is InChI=1S/C25H30N2O4S/c1-17(19-13-12-18-8-4-5-9-20(18)14-19)26-23(28)15-31-25(30)21-10-6-7-11-22(21)32-16-24(29)27(2)3/h6-7,10-14,17H,4-5,8-9,15-16H2,1-3H3,(H,26,28). The van der Waals surface area contributed by atoms with E-state index in [2.05, 4.69) is 23.5 Å². The van der Waals surface area contributed by atoms with Gasteiger partial charge in [-0.2, -0.15) is 0 Å². The number of nitrogens with one attached hydrogen (secondary N) is 1. The summed E-state index contributed by atoms with van der Waals surface area (Å²) in [7, 11) is 3.37. The number of hydrogen-bond donors (Lipinski definition) is 1. The van der Waals surface area contributed by atoms with E-state index in [1.165, 1.54) is 40.6 Å². The fourth-order valence-corrected chi connectivity index (χ4v) is 4.65. The van der Waals surface area contributed by atoms with Crippen molar-refractivity contribution in [2.75, 3.05) is 26.5 Å². The number of ether oxygens (including phenoxy) is 1. The van der Waals surface area contributed by atoms with E-state index in [9.17, 15) is 14.4 Å². The smallest absolute Gasteiger partial charge is 0.339 e. The molecular weight excluding hydrogens is 424 g/mol. The van der Waals surface area contributed by atoms with E-state index in [4.69, 9.17) is 4.74 Å². The molecule has 2 aromatic carbocycles. The molecule has 0 radical (unpaired) electrons. The number of fused-ring (bicyclic) bond motifs is 1. The highest BCUT2D eigenvalue weighted by Gasteiger charge is 2.18. The van der Waals surface area contributed by atoms with Crippen molar-refractivity contribution in [1.29, 1.82) is 0 Å². The molecule has 0 fully saturated rings. The van der Waals surface area contributed by atoms with Crippen LogP contribution >= 0.6 is 11.8 Å². The van der Waals surface area contributed by atoms with Crippen molar-refractivity contribution < 1.29 is 19.1 Å². The summed E-state index contributed by atoms with van der Waals surface area (Å²) in [5.41, 5.74) is 4.16. The normalized spacial score (nSPS) is 13.6. The van der Waals surface area contributed by atoms with Gasteiger partial charge in [0.05, 0.1) is 17.4 Å². The Kier molecular flexibility index (Phi) is 8.33. The molecule has 0 heterocycles.